The quantitative estimate of drug-likeness (QED) is 0.892. The van der Waals surface area contributed by atoms with Crippen LogP contribution in [-0.2, 0) is 6.54 Å². The Morgan fingerprint density at radius 1 is 1.41 bits per heavy atom. The van der Waals surface area contributed by atoms with Crippen molar-refractivity contribution in [1.82, 2.24) is 9.78 Å². The van der Waals surface area contributed by atoms with Crippen LogP contribution < -0.4 is 5.32 Å². The molecule has 1 N–H and O–H groups in total. The molecule has 2 aromatic rings. The highest BCUT2D eigenvalue weighted by atomic mass is 79.9. The predicted octanol–water partition coefficient (Wildman–Crippen LogP) is 4.12. The van der Waals surface area contributed by atoms with Crippen LogP contribution >= 0.6 is 31.9 Å². The Labute approximate surface area is 117 Å². The maximum absolute atomic E-state index is 4.12. The third-order valence-corrected chi connectivity index (χ3v) is 3.41. The van der Waals surface area contributed by atoms with Gasteiger partial charge < -0.3 is 5.32 Å². The molecule has 0 aliphatic carbocycles. The molecule has 0 atom stereocenters. The summed E-state index contributed by atoms with van der Waals surface area (Å²) < 4.78 is 3.77. The molecule has 0 spiro atoms. The Morgan fingerprint density at radius 3 is 2.88 bits per heavy atom. The van der Waals surface area contributed by atoms with Gasteiger partial charge in [-0.1, -0.05) is 22.5 Å². The maximum Gasteiger partial charge on any atom is 0.0543 e. The second-order valence-corrected chi connectivity index (χ2v) is 5.26. The number of anilines is 1. The van der Waals surface area contributed by atoms with Gasteiger partial charge >= 0.3 is 0 Å². The van der Waals surface area contributed by atoms with E-state index in [0.717, 1.165) is 26.7 Å². The van der Waals surface area contributed by atoms with Gasteiger partial charge in [-0.05, 0) is 34.1 Å². The summed E-state index contributed by atoms with van der Waals surface area (Å²) in [6, 6.07) is 6.03. The average Bonchev–Trinajstić information content (AvgIpc) is 2.76. The van der Waals surface area contributed by atoms with Gasteiger partial charge in [0.25, 0.3) is 0 Å². The number of halogens is 2. The van der Waals surface area contributed by atoms with Crippen molar-refractivity contribution in [2.75, 3.05) is 5.32 Å². The number of nitrogens with zero attached hydrogens (tertiary/aromatic N) is 2. The van der Waals surface area contributed by atoms with Crippen LogP contribution in [0.1, 0.15) is 5.56 Å². The minimum Gasteiger partial charge on any atom is -0.380 e. The molecule has 0 unspecified atom stereocenters. The van der Waals surface area contributed by atoms with E-state index in [-0.39, 0.29) is 0 Å². The van der Waals surface area contributed by atoms with Gasteiger partial charge in [-0.3, -0.25) is 0 Å². The van der Waals surface area contributed by atoms with Crippen LogP contribution in [-0.4, -0.2) is 9.78 Å². The summed E-state index contributed by atoms with van der Waals surface area (Å²) in [4.78, 5) is 0. The summed E-state index contributed by atoms with van der Waals surface area (Å²) in [5.74, 6) is 0. The van der Waals surface area contributed by atoms with Crippen LogP contribution in [0.3, 0.4) is 0 Å². The lowest BCUT2D eigenvalue weighted by Crippen LogP contribution is -1.98. The highest BCUT2D eigenvalue weighted by Crippen LogP contribution is 2.26. The second-order valence-electron chi connectivity index (χ2n) is 3.49. The zero-order valence-electron chi connectivity index (χ0n) is 9.03. The first-order chi connectivity index (χ1) is 8.19. The molecular weight excluding hydrogens is 346 g/mol. The van der Waals surface area contributed by atoms with Gasteiger partial charge in [0.2, 0.25) is 0 Å². The van der Waals surface area contributed by atoms with E-state index < -0.39 is 0 Å². The number of hydrogen-bond donors (Lipinski definition) is 1. The zero-order valence-corrected chi connectivity index (χ0v) is 12.2. The van der Waals surface area contributed by atoms with Crippen LogP contribution in [0.2, 0.25) is 0 Å². The number of benzene rings is 1. The van der Waals surface area contributed by atoms with E-state index in [1.165, 1.54) is 0 Å². The lowest BCUT2D eigenvalue weighted by Gasteiger charge is -2.07. The first kappa shape index (κ1) is 12.4. The number of rotatable bonds is 4. The summed E-state index contributed by atoms with van der Waals surface area (Å²) in [6.07, 6.45) is 5.42. The lowest BCUT2D eigenvalue weighted by atomic mass is 10.3. The Hall–Kier alpha value is -1.07. The molecule has 5 heteroatoms. The van der Waals surface area contributed by atoms with Crippen molar-refractivity contribution in [3.8, 4) is 0 Å². The van der Waals surface area contributed by atoms with Crippen LogP contribution in [0.5, 0.6) is 0 Å². The van der Waals surface area contributed by atoms with Gasteiger partial charge in [0, 0.05) is 39.1 Å². The third-order valence-electron chi connectivity index (χ3n) is 2.26. The van der Waals surface area contributed by atoms with Gasteiger partial charge in [-0.15, -0.1) is 0 Å². The summed E-state index contributed by atoms with van der Waals surface area (Å²) in [5, 5.41) is 7.46. The zero-order chi connectivity index (χ0) is 12.3. The van der Waals surface area contributed by atoms with E-state index in [9.17, 15) is 0 Å². The number of aromatic nitrogens is 2. The van der Waals surface area contributed by atoms with Crippen molar-refractivity contribution in [3.05, 3.63) is 51.7 Å². The molecule has 1 aromatic heterocycles. The Bertz CT molecular complexity index is 534. The van der Waals surface area contributed by atoms with E-state index in [4.69, 9.17) is 0 Å². The molecule has 0 saturated carbocycles. The van der Waals surface area contributed by atoms with Crippen LogP contribution in [0.15, 0.2) is 46.1 Å². The SMILES string of the molecule is C=Cn1cc(CNc2ccc(Br)cc2Br)cn1. The molecule has 0 saturated heterocycles. The van der Waals surface area contributed by atoms with Gasteiger partial charge in [-0.2, -0.15) is 5.10 Å². The van der Waals surface area contributed by atoms with Gasteiger partial charge in [0.05, 0.1) is 6.20 Å². The molecule has 2 rings (SSSR count). The van der Waals surface area contributed by atoms with E-state index in [0.29, 0.717) is 0 Å². The fourth-order valence-electron chi connectivity index (χ4n) is 1.40. The Balaban J connectivity index is 2.04. The number of nitrogens with one attached hydrogen (secondary N) is 1. The minimum atomic E-state index is 0.730. The third kappa shape index (κ3) is 3.20. The van der Waals surface area contributed by atoms with Crippen LogP contribution in [0.25, 0.3) is 6.20 Å². The second kappa shape index (κ2) is 5.51. The van der Waals surface area contributed by atoms with Crippen molar-refractivity contribution in [2.45, 2.75) is 6.54 Å². The molecule has 1 aromatic carbocycles. The topological polar surface area (TPSA) is 29.9 Å². The normalized spacial score (nSPS) is 10.2. The molecule has 0 amide bonds. The van der Waals surface area contributed by atoms with E-state index >= 15 is 0 Å². The fraction of sp³-hybridized carbons (Fsp3) is 0.0833. The number of hydrogen-bond acceptors (Lipinski definition) is 2. The maximum atomic E-state index is 4.12. The van der Waals surface area contributed by atoms with Gasteiger partial charge in [0.1, 0.15) is 0 Å². The first-order valence-corrected chi connectivity index (χ1v) is 6.62. The highest BCUT2D eigenvalue weighted by molar-refractivity contribution is 9.11. The Morgan fingerprint density at radius 2 is 2.24 bits per heavy atom. The molecule has 1 heterocycles. The predicted molar refractivity (Wildman–Crippen MR) is 77.8 cm³/mol. The van der Waals surface area contributed by atoms with Crippen molar-refractivity contribution >= 4 is 43.7 Å². The Kier molecular flexibility index (Phi) is 4.02. The van der Waals surface area contributed by atoms with Crippen molar-refractivity contribution in [2.24, 2.45) is 0 Å². The van der Waals surface area contributed by atoms with Crippen molar-refractivity contribution in [3.63, 3.8) is 0 Å². The molecular formula is C12H11Br2N3. The van der Waals surface area contributed by atoms with Gasteiger partial charge in [0.15, 0.2) is 0 Å². The van der Waals surface area contributed by atoms with E-state index in [2.05, 4.69) is 48.9 Å². The first-order valence-electron chi connectivity index (χ1n) is 5.03. The van der Waals surface area contributed by atoms with Crippen LogP contribution in [0, 0.1) is 0 Å². The highest BCUT2D eigenvalue weighted by Gasteiger charge is 2.01. The molecule has 0 aliphatic rings. The smallest absolute Gasteiger partial charge is 0.0543 e. The van der Waals surface area contributed by atoms with E-state index in [1.54, 1.807) is 10.9 Å². The monoisotopic (exact) mass is 355 g/mol. The summed E-state index contributed by atoms with van der Waals surface area (Å²) in [7, 11) is 0. The van der Waals surface area contributed by atoms with E-state index in [1.807, 2.05) is 30.6 Å². The fourth-order valence-corrected chi connectivity index (χ4v) is 2.59. The minimum absolute atomic E-state index is 0.730. The molecule has 88 valence electrons. The summed E-state index contributed by atoms with van der Waals surface area (Å²) in [6.45, 7) is 4.38. The average molecular weight is 357 g/mol. The molecule has 0 radical (unpaired) electrons. The largest absolute Gasteiger partial charge is 0.380 e. The standard InChI is InChI=1S/C12H11Br2N3/c1-2-17-8-9(7-16-17)6-15-12-4-3-10(13)5-11(12)14/h2-5,7-8,15H,1,6H2. The van der Waals surface area contributed by atoms with Crippen LogP contribution in [0.4, 0.5) is 5.69 Å². The lowest BCUT2D eigenvalue weighted by molar-refractivity contribution is 0.936. The molecule has 3 nitrogen and oxygen atoms in total. The summed E-state index contributed by atoms with van der Waals surface area (Å²) in [5.41, 5.74) is 2.17. The molecule has 0 fully saturated rings. The van der Waals surface area contributed by atoms with Crippen molar-refractivity contribution in [1.29, 1.82) is 0 Å². The van der Waals surface area contributed by atoms with Crippen molar-refractivity contribution < 1.29 is 0 Å². The van der Waals surface area contributed by atoms with Gasteiger partial charge in [-0.25, -0.2) is 4.68 Å². The molecule has 0 bridgehead atoms. The molecule has 0 aliphatic heterocycles. The molecule has 17 heavy (non-hydrogen) atoms. The summed E-state index contributed by atoms with van der Waals surface area (Å²) >= 11 is 6.93.